The molecule has 1 aliphatic carbocycles. The molecular weight excluding hydrogens is 332 g/mol. The summed E-state index contributed by atoms with van der Waals surface area (Å²) >= 11 is 0. The van der Waals surface area contributed by atoms with Crippen molar-refractivity contribution in [3.8, 4) is 0 Å². The molecule has 1 aliphatic heterocycles. The molecule has 3 rings (SSSR count). The SMILES string of the molecule is C[C@@H](C(=O)Nc1ccc(N2CCOCC2)cc1)N(C)CC(=O)NC1CC1. The van der Waals surface area contributed by atoms with Gasteiger partial charge in [0.1, 0.15) is 0 Å². The second kappa shape index (κ2) is 8.51. The summed E-state index contributed by atoms with van der Waals surface area (Å²) in [7, 11) is 1.79. The van der Waals surface area contributed by atoms with Gasteiger partial charge in [0.25, 0.3) is 0 Å². The first-order valence-corrected chi connectivity index (χ1v) is 9.26. The van der Waals surface area contributed by atoms with Gasteiger partial charge in [-0.25, -0.2) is 0 Å². The third-order valence-electron chi connectivity index (χ3n) is 4.89. The van der Waals surface area contributed by atoms with Crippen molar-refractivity contribution in [1.29, 1.82) is 0 Å². The van der Waals surface area contributed by atoms with Crippen LogP contribution in [0.4, 0.5) is 11.4 Å². The molecule has 2 fully saturated rings. The standard InChI is InChI=1S/C19H28N4O3/c1-14(22(2)13-18(24)20-15-3-4-15)19(25)21-16-5-7-17(8-6-16)23-9-11-26-12-10-23/h5-8,14-15H,3-4,9-13H2,1-2H3,(H,20,24)(H,21,25)/t14-/m0/s1. The van der Waals surface area contributed by atoms with Gasteiger partial charge in [-0.1, -0.05) is 0 Å². The Labute approximate surface area is 154 Å². The van der Waals surface area contributed by atoms with E-state index < -0.39 is 0 Å². The van der Waals surface area contributed by atoms with Gasteiger partial charge in [0.2, 0.25) is 11.8 Å². The van der Waals surface area contributed by atoms with E-state index in [-0.39, 0.29) is 24.4 Å². The molecule has 1 aromatic rings. The Hall–Kier alpha value is -2.12. The number of morpholine rings is 1. The molecule has 7 nitrogen and oxygen atoms in total. The van der Waals surface area contributed by atoms with Crippen LogP contribution in [0.15, 0.2) is 24.3 Å². The molecule has 1 saturated carbocycles. The lowest BCUT2D eigenvalue weighted by Crippen LogP contribution is -2.45. The van der Waals surface area contributed by atoms with Crippen molar-refractivity contribution in [3.05, 3.63) is 24.3 Å². The normalized spacial score (nSPS) is 18.5. The van der Waals surface area contributed by atoms with Crippen molar-refractivity contribution >= 4 is 23.2 Å². The highest BCUT2D eigenvalue weighted by Crippen LogP contribution is 2.20. The molecule has 1 heterocycles. The number of hydrogen-bond acceptors (Lipinski definition) is 5. The van der Waals surface area contributed by atoms with Gasteiger partial charge in [-0.15, -0.1) is 0 Å². The van der Waals surface area contributed by atoms with Gasteiger partial charge in [0.15, 0.2) is 0 Å². The van der Waals surface area contributed by atoms with Crippen LogP contribution in [0.3, 0.4) is 0 Å². The number of likely N-dealkylation sites (N-methyl/N-ethyl adjacent to an activating group) is 1. The van der Waals surface area contributed by atoms with Crippen molar-refractivity contribution in [1.82, 2.24) is 10.2 Å². The highest BCUT2D eigenvalue weighted by molar-refractivity contribution is 5.95. The smallest absolute Gasteiger partial charge is 0.241 e. The third kappa shape index (κ3) is 5.19. The number of hydrogen-bond donors (Lipinski definition) is 2. The van der Waals surface area contributed by atoms with E-state index >= 15 is 0 Å². The number of anilines is 2. The monoisotopic (exact) mass is 360 g/mol. The lowest BCUT2D eigenvalue weighted by Gasteiger charge is -2.29. The minimum Gasteiger partial charge on any atom is -0.378 e. The summed E-state index contributed by atoms with van der Waals surface area (Å²) in [6, 6.07) is 7.80. The Kier molecular flexibility index (Phi) is 6.11. The number of nitrogens with zero attached hydrogens (tertiary/aromatic N) is 2. The average molecular weight is 360 g/mol. The number of carbonyl (C=O) groups is 2. The van der Waals surface area contributed by atoms with Crippen LogP contribution in [0.1, 0.15) is 19.8 Å². The van der Waals surface area contributed by atoms with Gasteiger partial charge >= 0.3 is 0 Å². The molecular formula is C19H28N4O3. The van der Waals surface area contributed by atoms with Crippen molar-refractivity contribution in [2.45, 2.75) is 31.8 Å². The van der Waals surface area contributed by atoms with Gasteiger partial charge in [0.05, 0.1) is 25.8 Å². The van der Waals surface area contributed by atoms with E-state index in [0.29, 0.717) is 6.04 Å². The summed E-state index contributed by atoms with van der Waals surface area (Å²) in [5.41, 5.74) is 1.89. The molecule has 0 bridgehead atoms. The highest BCUT2D eigenvalue weighted by Gasteiger charge is 2.25. The summed E-state index contributed by atoms with van der Waals surface area (Å²) < 4.78 is 5.37. The zero-order valence-corrected chi connectivity index (χ0v) is 15.5. The van der Waals surface area contributed by atoms with E-state index in [1.165, 1.54) is 0 Å². The van der Waals surface area contributed by atoms with Crippen molar-refractivity contribution < 1.29 is 14.3 Å². The van der Waals surface area contributed by atoms with Crippen LogP contribution in [0.5, 0.6) is 0 Å². The Morgan fingerprint density at radius 2 is 1.88 bits per heavy atom. The molecule has 1 aromatic carbocycles. The lowest BCUT2D eigenvalue weighted by atomic mass is 10.2. The van der Waals surface area contributed by atoms with Crippen molar-refractivity contribution in [3.63, 3.8) is 0 Å². The Morgan fingerprint density at radius 1 is 1.23 bits per heavy atom. The molecule has 142 valence electrons. The summed E-state index contributed by atoms with van der Waals surface area (Å²) in [5.74, 6) is -0.143. The van der Waals surface area contributed by atoms with Crippen LogP contribution in [0.25, 0.3) is 0 Å². The summed E-state index contributed by atoms with van der Waals surface area (Å²) in [4.78, 5) is 28.4. The minimum absolute atomic E-state index is 0.0236. The van der Waals surface area contributed by atoms with Gasteiger partial charge in [-0.3, -0.25) is 14.5 Å². The number of carbonyl (C=O) groups excluding carboxylic acids is 2. The first-order valence-electron chi connectivity index (χ1n) is 9.26. The number of rotatable bonds is 7. The molecule has 2 N–H and O–H groups in total. The minimum atomic E-state index is -0.390. The van der Waals surface area contributed by atoms with Crippen LogP contribution >= 0.6 is 0 Å². The van der Waals surface area contributed by atoms with E-state index in [1.54, 1.807) is 11.9 Å². The fraction of sp³-hybridized carbons (Fsp3) is 0.579. The quantitative estimate of drug-likeness (QED) is 0.761. The van der Waals surface area contributed by atoms with E-state index in [9.17, 15) is 9.59 Å². The maximum absolute atomic E-state index is 12.4. The molecule has 1 saturated heterocycles. The van der Waals surface area contributed by atoms with Crippen LogP contribution < -0.4 is 15.5 Å². The Morgan fingerprint density at radius 3 is 2.50 bits per heavy atom. The Balaban J connectivity index is 1.48. The summed E-state index contributed by atoms with van der Waals surface area (Å²) in [6.07, 6.45) is 2.12. The number of ether oxygens (including phenoxy) is 1. The fourth-order valence-electron chi connectivity index (χ4n) is 2.89. The number of benzene rings is 1. The molecule has 0 spiro atoms. The zero-order chi connectivity index (χ0) is 18.5. The largest absolute Gasteiger partial charge is 0.378 e. The maximum atomic E-state index is 12.4. The average Bonchev–Trinajstić information content (AvgIpc) is 3.46. The molecule has 0 aromatic heterocycles. The highest BCUT2D eigenvalue weighted by atomic mass is 16.5. The number of nitrogens with one attached hydrogen (secondary N) is 2. The zero-order valence-electron chi connectivity index (χ0n) is 15.5. The maximum Gasteiger partial charge on any atom is 0.241 e. The molecule has 0 radical (unpaired) electrons. The van der Waals surface area contributed by atoms with Gasteiger partial charge in [-0.05, 0) is 51.1 Å². The van der Waals surface area contributed by atoms with Crippen LogP contribution in [-0.4, -0.2) is 68.7 Å². The van der Waals surface area contributed by atoms with E-state index in [0.717, 1.165) is 50.5 Å². The summed E-state index contributed by atoms with van der Waals surface area (Å²) in [6.45, 7) is 5.29. The first kappa shape index (κ1) is 18.7. The van der Waals surface area contributed by atoms with E-state index in [4.69, 9.17) is 4.74 Å². The topological polar surface area (TPSA) is 73.9 Å². The molecule has 26 heavy (non-hydrogen) atoms. The predicted octanol–water partition coefficient (Wildman–Crippen LogP) is 1.06. The van der Waals surface area contributed by atoms with Gasteiger partial charge in [0, 0.05) is 30.5 Å². The summed E-state index contributed by atoms with van der Waals surface area (Å²) in [5, 5.41) is 5.86. The second-order valence-corrected chi connectivity index (χ2v) is 7.07. The van der Waals surface area contributed by atoms with E-state index in [2.05, 4.69) is 15.5 Å². The van der Waals surface area contributed by atoms with Crippen LogP contribution in [0.2, 0.25) is 0 Å². The fourth-order valence-corrected chi connectivity index (χ4v) is 2.89. The van der Waals surface area contributed by atoms with Gasteiger partial charge < -0.3 is 20.3 Å². The predicted molar refractivity (Wildman–Crippen MR) is 101 cm³/mol. The van der Waals surface area contributed by atoms with Crippen LogP contribution in [0, 0.1) is 0 Å². The molecule has 2 aliphatic rings. The van der Waals surface area contributed by atoms with Crippen molar-refractivity contribution in [2.24, 2.45) is 0 Å². The first-order chi connectivity index (χ1) is 12.5. The molecule has 7 heteroatoms. The lowest BCUT2D eigenvalue weighted by molar-refractivity contribution is -0.124. The molecule has 1 atom stereocenters. The van der Waals surface area contributed by atoms with E-state index in [1.807, 2.05) is 31.2 Å². The molecule has 0 unspecified atom stereocenters. The van der Waals surface area contributed by atoms with Crippen molar-refractivity contribution in [2.75, 3.05) is 50.1 Å². The third-order valence-corrected chi connectivity index (χ3v) is 4.89. The second-order valence-electron chi connectivity index (χ2n) is 7.07. The number of amides is 2. The Bertz CT molecular complexity index is 624. The molecule has 2 amide bonds. The van der Waals surface area contributed by atoms with Crippen LogP contribution in [-0.2, 0) is 14.3 Å². The van der Waals surface area contributed by atoms with Gasteiger partial charge in [-0.2, -0.15) is 0 Å².